The van der Waals surface area contributed by atoms with Gasteiger partial charge in [0.25, 0.3) is 0 Å². The van der Waals surface area contributed by atoms with Gasteiger partial charge in [0.05, 0.1) is 6.54 Å². The standard InChI is InChI=1S/C18H22N2O2/c1-14-8-6-7-11-16(14)22-13-12-20(2)18(21)17(19)15-9-4-3-5-10-15/h3-11,17H,12-13,19H2,1-2H3. The highest BCUT2D eigenvalue weighted by atomic mass is 16.5. The first-order chi connectivity index (χ1) is 10.6. The molecule has 0 aromatic heterocycles. The molecule has 116 valence electrons. The Morgan fingerprint density at radius 3 is 2.45 bits per heavy atom. The molecule has 0 saturated carbocycles. The van der Waals surface area contributed by atoms with Gasteiger partial charge in [-0.1, -0.05) is 48.5 Å². The molecule has 4 nitrogen and oxygen atoms in total. The summed E-state index contributed by atoms with van der Waals surface area (Å²) in [5.41, 5.74) is 7.91. The van der Waals surface area contributed by atoms with Gasteiger partial charge in [0, 0.05) is 7.05 Å². The van der Waals surface area contributed by atoms with Crippen LogP contribution in [-0.4, -0.2) is 31.0 Å². The van der Waals surface area contributed by atoms with Crippen LogP contribution in [0.4, 0.5) is 0 Å². The Balaban J connectivity index is 1.85. The Morgan fingerprint density at radius 2 is 1.77 bits per heavy atom. The van der Waals surface area contributed by atoms with Crippen LogP contribution in [0.3, 0.4) is 0 Å². The molecule has 4 heteroatoms. The van der Waals surface area contributed by atoms with Crippen molar-refractivity contribution in [3.63, 3.8) is 0 Å². The highest BCUT2D eigenvalue weighted by molar-refractivity contribution is 5.82. The van der Waals surface area contributed by atoms with Crippen LogP contribution in [0.5, 0.6) is 5.75 Å². The summed E-state index contributed by atoms with van der Waals surface area (Å²) in [4.78, 5) is 13.9. The molecule has 1 atom stereocenters. The van der Waals surface area contributed by atoms with Gasteiger partial charge in [-0.15, -0.1) is 0 Å². The SMILES string of the molecule is Cc1ccccc1OCCN(C)C(=O)C(N)c1ccccc1. The highest BCUT2D eigenvalue weighted by Gasteiger charge is 2.19. The molecule has 0 aliphatic rings. The van der Waals surface area contributed by atoms with E-state index in [2.05, 4.69) is 0 Å². The van der Waals surface area contributed by atoms with Crippen LogP contribution in [0.1, 0.15) is 17.2 Å². The minimum atomic E-state index is -0.635. The van der Waals surface area contributed by atoms with Crippen molar-refractivity contribution in [3.8, 4) is 5.75 Å². The molecular weight excluding hydrogens is 276 g/mol. The first kappa shape index (κ1) is 16.0. The fourth-order valence-electron chi connectivity index (χ4n) is 2.16. The van der Waals surface area contributed by atoms with E-state index >= 15 is 0 Å². The van der Waals surface area contributed by atoms with E-state index in [-0.39, 0.29) is 5.91 Å². The number of benzene rings is 2. The quantitative estimate of drug-likeness (QED) is 0.891. The predicted molar refractivity (Wildman–Crippen MR) is 87.7 cm³/mol. The summed E-state index contributed by atoms with van der Waals surface area (Å²) in [5, 5.41) is 0. The van der Waals surface area contributed by atoms with Crippen LogP contribution < -0.4 is 10.5 Å². The van der Waals surface area contributed by atoms with Crippen molar-refractivity contribution in [2.45, 2.75) is 13.0 Å². The molecule has 2 rings (SSSR count). The maximum absolute atomic E-state index is 12.3. The fraction of sp³-hybridized carbons (Fsp3) is 0.278. The lowest BCUT2D eigenvalue weighted by molar-refractivity contribution is -0.131. The van der Waals surface area contributed by atoms with Gasteiger partial charge in [-0.2, -0.15) is 0 Å². The third kappa shape index (κ3) is 4.09. The van der Waals surface area contributed by atoms with Crippen molar-refractivity contribution >= 4 is 5.91 Å². The number of hydrogen-bond acceptors (Lipinski definition) is 3. The zero-order chi connectivity index (χ0) is 15.9. The van der Waals surface area contributed by atoms with Crippen molar-refractivity contribution in [3.05, 3.63) is 65.7 Å². The Kier molecular flexibility index (Phi) is 5.55. The third-order valence-electron chi connectivity index (χ3n) is 3.58. The number of para-hydroxylation sites is 1. The molecule has 1 amide bonds. The van der Waals surface area contributed by atoms with Crippen LogP contribution in [-0.2, 0) is 4.79 Å². The summed E-state index contributed by atoms with van der Waals surface area (Å²) in [6.07, 6.45) is 0. The Hall–Kier alpha value is -2.33. The topological polar surface area (TPSA) is 55.6 Å². The summed E-state index contributed by atoms with van der Waals surface area (Å²) in [6.45, 7) is 2.93. The Bertz CT molecular complexity index is 613. The van der Waals surface area contributed by atoms with E-state index in [1.54, 1.807) is 11.9 Å². The van der Waals surface area contributed by atoms with Crippen molar-refractivity contribution in [1.29, 1.82) is 0 Å². The van der Waals surface area contributed by atoms with Crippen LogP contribution >= 0.6 is 0 Å². The molecule has 0 bridgehead atoms. The number of likely N-dealkylation sites (N-methyl/N-ethyl adjacent to an activating group) is 1. The van der Waals surface area contributed by atoms with E-state index < -0.39 is 6.04 Å². The van der Waals surface area contributed by atoms with Crippen molar-refractivity contribution in [2.24, 2.45) is 5.73 Å². The molecule has 0 heterocycles. The summed E-state index contributed by atoms with van der Waals surface area (Å²) >= 11 is 0. The molecule has 0 radical (unpaired) electrons. The van der Waals surface area contributed by atoms with E-state index in [0.717, 1.165) is 16.9 Å². The lowest BCUT2D eigenvalue weighted by Gasteiger charge is -2.22. The number of nitrogens with two attached hydrogens (primary N) is 1. The second-order valence-corrected chi connectivity index (χ2v) is 5.26. The lowest BCUT2D eigenvalue weighted by Crippen LogP contribution is -2.38. The number of aryl methyl sites for hydroxylation is 1. The molecule has 2 N–H and O–H groups in total. The van der Waals surface area contributed by atoms with Gasteiger partial charge in [0.1, 0.15) is 18.4 Å². The first-order valence-electron chi connectivity index (χ1n) is 7.33. The largest absolute Gasteiger partial charge is 0.491 e. The van der Waals surface area contributed by atoms with Gasteiger partial charge in [0.15, 0.2) is 0 Å². The lowest BCUT2D eigenvalue weighted by atomic mass is 10.1. The van der Waals surface area contributed by atoms with E-state index in [4.69, 9.17) is 10.5 Å². The zero-order valence-corrected chi connectivity index (χ0v) is 13.0. The van der Waals surface area contributed by atoms with Gasteiger partial charge >= 0.3 is 0 Å². The van der Waals surface area contributed by atoms with Gasteiger partial charge in [-0.05, 0) is 24.1 Å². The maximum Gasteiger partial charge on any atom is 0.243 e. The average molecular weight is 298 g/mol. The Morgan fingerprint density at radius 1 is 1.14 bits per heavy atom. The molecule has 0 aliphatic carbocycles. The molecule has 0 saturated heterocycles. The van der Waals surface area contributed by atoms with Gasteiger partial charge in [-0.25, -0.2) is 0 Å². The number of hydrogen-bond donors (Lipinski definition) is 1. The summed E-state index contributed by atoms with van der Waals surface area (Å²) in [7, 11) is 1.74. The van der Waals surface area contributed by atoms with Gasteiger partial charge in [-0.3, -0.25) is 4.79 Å². The first-order valence-corrected chi connectivity index (χ1v) is 7.33. The Labute approximate surface area is 131 Å². The van der Waals surface area contributed by atoms with Crippen molar-refractivity contribution in [2.75, 3.05) is 20.2 Å². The molecule has 1 unspecified atom stereocenters. The molecule has 2 aromatic carbocycles. The van der Waals surface area contributed by atoms with Crippen LogP contribution in [0, 0.1) is 6.92 Å². The number of nitrogens with zero attached hydrogens (tertiary/aromatic N) is 1. The minimum absolute atomic E-state index is 0.111. The molecule has 0 spiro atoms. The number of ether oxygens (including phenoxy) is 1. The number of rotatable bonds is 6. The molecule has 2 aromatic rings. The van der Waals surface area contributed by atoms with Crippen molar-refractivity contribution < 1.29 is 9.53 Å². The number of carbonyl (C=O) groups excluding carboxylic acids is 1. The predicted octanol–water partition coefficient (Wildman–Crippen LogP) is 2.53. The summed E-state index contributed by atoms with van der Waals surface area (Å²) in [5.74, 6) is 0.732. The normalized spacial score (nSPS) is 11.8. The smallest absolute Gasteiger partial charge is 0.243 e. The van der Waals surface area contributed by atoms with Gasteiger partial charge < -0.3 is 15.4 Å². The molecule has 0 aliphatic heterocycles. The van der Waals surface area contributed by atoms with E-state index in [1.807, 2.05) is 61.5 Å². The monoisotopic (exact) mass is 298 g/mol. The number of carbonyl (C=O) groups is 1. The van der Waals surface area contributed by atoms with E-state index in [0.29, 0.717) is 13.2 Å². The zero-order valence-electron chi connectivity index (χ0n) is 13.0. The van der Waals surface area contributed by atoms with Crippen LogP contribution in [0.15, 0.2) is 54.6 Å². The van der Waals surface area contributed by atoms with Crippen LogP contribution in [0.2, 0.25) is 0 Å². The molecular formula is C18H22N2O2. The average Bonchev–Trinajstić information content (AvgIpc) is 2.56. The van der Waals surface area contributed by atoms with E-state index in [1.165, 1.54) is 0 Å². The van der Waals surface area contributed by atoms with E-state index in [9.17, 15) is 4.79 Å². The highest BCUT2D eigenvalue weighted by Crippen LogP contribution is 2.16. The molecule has 0 fully saturated rings. The number of amides is 1. The second-order valence-electron chi connectivity index (χ2n) is 5.26. The maximum atomic E-state index is 12.3. The molecule has 22 heavy (non-hydrogen) atoms. The summed E-state index contributed by atoms with van der Waals surface area (Å²) < 4.78 is 5.71. The second kappa shape index (κ2) is 7.61. The fourth-order valence-corrected chi connectivity index (χ4v) is 2.16. The van der Waals surface area contributed by atoms with Crippen molar-refractivity contribution in [1.82, 2.24) is 4.90 Å². The van der Waals surface area contributed by atoms with Gasteiger partial charge in [0.2, 0.25) is 5.91 Å². The minimum Gasteiger partial charge on any atom is -0.491 e. The van der Waals surface area contributed by atoms with Crippen LogP contribution in [0.25, 0.3) is 0 Å². The summed E-state index contributed by atoms with van der Waals surface area (Å²) in [6, 6.07) is 16.6. The third-order valence-corrected chi connectivity index (χ3v) is 3.58.